The predicted octanol–water partition coefficient (Wildman–Crippen LogP) is 1.87. The zero-order valence-electron chi connectivity index (χ0n) is 15.3. The first-order chi connectivity index (χ1) is 13.7. The summed E-state index contributed by atoms with van der Waals surface area (Å²) in [4.78, 5) is 20.5. The van der Waals surface area contributed by atoms with Gasteiger partial charge >= 0.3 is 0 Å². The first kappa shape index (κ1) is 20.4. The van der Waals surface area contributed by atoms with Crippen LogP contribution in [0.25, 0.3) is 5.82 Å². The molecule has 1 amide bonds. The Morgan fingerprint density at radius 1 is 1.28 bits per heavy atom. The Bertz CT molecular complexity index is 1020. The lowest BCUT2D eigenvalue weighted by molar-refractivity contribution is 0.0277. The first-order valence-corrected chi connectivity index (χ1v) is 8.74. The molecule has 1 atom stereocenters. The maximum absolute atomic E-state index is 12.5. The van der Waals surface area contributed by atoms with Gasteiger partial charge in [0.15, 0.2) is 11.5 Å². The molecule has 1 aromatic carbocycles. The number of nitrogens with one attached hydrogen (secondary N) is 2. The Hall–Kier alpha value is -3.32. The molecule has 2 aromatic heterocycles. The topological polar surface area (TPSA) is 118 Å². The highest BCUT2D eigenvalue weighted by molar-refractivity contribution is 6.04. The van der Waals surface area contributed by atoms with Crippen molar-refractivity contribution in [3.8, 4) is 11.9 Å². The minimum atomic E-state index is -0.308. The van der Waals surface area contributed by atoms with Gasteiger partial charge in [-0.15, -0.1) is 12.4 Å². The number of halogens is 1. The number of nitrogens with zero attached hydrogens (tertiary/aromatic N) is 5. The van der Waals surface area contributed by atoms with Crippen molar-refractivity contribution in [3.05, 3.63) is 65.9 Å². The van der Waals surface area contributed by atoms with Gasteiger partial charge < -0.3 is 15.4 Å². The zero-order chi connectivity index (χ0) is 19.3. The van der Waals surface area contributed by atoms with Gasteiger partial charge in [-0.2, -0.15) is 10.4 Å². The normalized spacial score (nSPS) is 15.8. The third-order valence-corrected chi connectivity index (χ3v) is 4.31. The van der Waals surface area contributed by atoms with Crippen LogP contribution >= 0.6 is 12.4 Å². The van der Waals surface area contributed by atoms with Crippen molar-refractivity contribution in [1.82, 2.24) is 25.1 Å². The molecular weight excluding hydrogens is 394 g/mol. The Morgan fingerprint density at radius 2 is 2.07 bits per heavy atom. The third-order valence-electron chi connectivity index (χ3n) is 4.31. The highest BCUT2D eigenvalue weighted by Gasteiger charge is 2.16. The van der Waals surface area contributed by atoms with Crippen LogP contribution in [0.15, 0.2) is 49.1 Å². The van der Waals surface area contributed by atoms with Crippen LogP contribution < -0.4 is 10.6 Å². The molecule has 1 fully saturated rings. The Labute approximate surface area is 173 Å². The molecule has 29 heavy (non-hydrogen) atoms. The van der Waals surface area contributed by atoms with Crippen molar-refractivity contribution in [2.45, 2.75) is 6.10 Å². The number of anilines is 1. The summed E-state index contributed by atoms with van der Waals surface area (Å²) in [5.41, 5.74) is 2.21. The molecule has 1 unspecified atom stereocenters. The predicted molar refractivity (Wildman–Crippen MR) is 107 cm³/mol. The SMILES string of the molecule is Cl.N#Cc1nccnc1-n1cc(C(=O)Nc2ccc(C3CNCCO3)cc2)cn1. The molecule has 148 valence electrons. The maximum atomic E-state index is 12.5. The van der Waals surface area contributed by atoms with Crippen molar-refractivity contribution in [3.63, 3.8) is 0 Å². The molecule has 9 nitrogen and oxygen atoms in total. The molecule has 3 aromatic rings. The summed E-state index contributed by atoms with van der Waals surface area (Å²) in [6.45, 7) is 2.33. The van der Waals surface area contributed by atoms with E-state index in [0.29, 0.717) is 17.9 Å². The molecule has 2 N–H and O–H groups in total. The maximum Gasteiger partial charge on any atom is 0.258 e. The van der Waals surface area contributed by atoms with E-state index in [0.717, 1.165) is 18.7 Å². The monoisotopic (exact) mass is 411 g/mol. The molecule has 1 aliphatic rings. The quantitative estimate of drug-likeness (QED) is 0.672. The molecule has 0 bridgehead atoms. The molecule has 1 aliphatic heterocycles. The van der Waals surface area contributed by atoms with Gasteiger partial charge in [-0.25, -0.2) is 14.6 Å². The second-order valence-electron chi connectivity index (χ2n) is 6.15. The van der Waals surface area contributed by atoms with Gasteiger partial charge in [-0.05, 0) is 17.7 Å². The van der Waals surface area contributed by atoms with E-state index in [2.05, 4.69) is 25.7 Å². The van der Waals surface area contributed by atoms with Crippen LogP contribution in [0.2, 0.25) is 0 Å². The van der Waals surface area contributed by atoms with E-state index in [1.165, 1.54) is 29.5 Å². The fourth-order valence-corrected chi connectivity index (χ4v) is 2.90. The van der Waals surface area contributed by atoms with Gasteiger partial charge in [-0.1, -0.05) is 12.1 Å². The van der Waals surface area contributed by atoms with Crippen LogP contribution in [0.4, 0.5) is 5.69 Å². The summed E-state index contributed by atoms with van der Waals surface area (Å²) in [6.07, 6.45) is 5.84. The number of hydrogen-bond acceptors (Lipinski definition) is 7. The molecule has 10 heteroatoms. The lowest BCUT2D eigenvalue weighted by atomic mass is 10.1. The zero-order valence-corrected chi connectivity index (χ0v) is 16.1. The van der Waals surface area contributed by atoms with Crippen molar-refractivity contribution >= 4 is 24.0 Å². The molecule has 3 heterocycles. The van der Waals surface area contributed by atoms with E-state index < -0.39 is 0 Å². The number of rotatable bonds is 4. The van der Waals surface area contributed by atoms with Crippen LogP contribution in [0.3, 0.4) is 0 Å². The van der Waals surface area contributed by atoms with Crippen LogP contribution in [0.1, 0.15) is 27.7 Å². The fourth-order valence-electron chi connectivity index (χ4n) is 2.90. The highest BCUT2D eigenvalue weighted by atomic mass is 35.5. The minimum absolute atomic E-state index is 0. The standard InChI is InChI=1S/C19H17N7O2.ClH/c20-9-16-18(23-6-5-22-16)26-12-14(10-24-26)19(27)25-15-3-1-13(2-4-15)17-11-21-7-8-28-17;/h1-6,10,12,17,21H,7-8,11H2,(H,25,27);1H. The van der Waals surface area contributed by atoms with E-state index >= 15 is 0 Å². The molecule has 4 rings (SSSR count). The summed E-state index contributed by atoms with van der Waals surface area (Å²) in [7, 11) is 0. The Balaban J connectivity index is 0.00000240. The average molecular weight is 412 g/mol. The summed E-state index contributed by atoms with van der Waals surface area (Å²) in [5, 5.41) is 19.4. The summed E-state index contributed by atoms with van der Waals surface area (Å²) < 4.78 is 7.08. The number of ether oxygens (including phenoxy) is 1. The number of amides is 1. The highest BCUT2D eigenvalue weighted by Crippen LogP contribution is 2.21. The lowest BCUT2D eigenvalue weighted by Crippen LogP contribution is -2.33. The number of aromatic nitrogens is 4. The van der Waals surface area contributed by atoms with Gasteiger partial charge in [-0.3, -0.25) is 4.79 Å². The Morgan fingerprint density at radius 3 is 2.79 bits per heavy atom. The second kappa shape index (κ2) is 9.25. The van der Waals surface area contributed by atoms with Crippen molar-refractivity contribution in [2.75, 3.05) is 25.0 Å². The molecule has 1 saturated heterocycles. The number of carbonyl (C=O) groups excluding carboxylic acids is 1. The number of morpholine rings is 1. The average Bonchev–Trinajstić information content (AvgIpc) is 3.25. The van der Waals surface area contributed by atoms with Gasteiger partial charge in [0.25, 0.3) is 5.91 Å². The fraction of sp³-hybridized carbons (Fsp3) is 0.211. The van der Waals surface area contributed by atoms with Gasteiger partial charge in [0.1, 0.15) is 6.07 Å². The van der Waals surface area contributed by atoms with Gasteiger partial charge in [0.05, 0.1) is 24.5 Å². The van der Waals surface area contributed by atoms with E-state index in [4.69, 9.17) is 10.00 Å². The summed E-state index contributed by atoms with van der Waals surface area (Å²) >= 11 is 0. The van der Waals surface area contributed by atoms with Crippen molar-refractivity contribution in [1.29, 1.82) is 5.26 Å². The number of carbonyl (C=O) groups is 1. The first-order valence-electron chi connectivity index (χ1n) is 8.74. The Kier molecular flexibility index (Phi) is 6.51. The molecular formula is C19H18ClN7O2. The third kappa shape index (κ3) is 4.57. The smallest absolute Gasteiger partial charge is 0.258 e. The number of nitriles is 1. The van der Waals surface area contributed by atoms with E-state index in [1.54, 1.807) is 0 Å². The van der Waals surface area contributed by atoms with E-state index in [9.17, 15) is 4.79 Å². The van der Waals surface area contributed by atoms with Crippen LogP contribution in [0.5, 0.6) is 0 Å². The number of benzene rings is 1. The van der Waals surface area contributed by atoms with Gasteiger partial charge in [0.2, 0.25) is 0 Å². The lowest BCUT2D eigenvalue weighted by Gasteiger charge is -2.24. The van der Waals surface area contributed by atoms with Crippen LogP contribution in [-0.2, 0) is 4.74 Å². The molecule has 0 spiro atoms. The minimum Gasteiger partial charge on any atom is -0.371 e. The van der Waals surface area contributed by atoms with Gasteiger partial charge in [0, 0.05) is 37.4 Å². The van der Waals surface area contributed by atoms with Crippen molar-refractivity contribution < 1.29 is 9.53 Å². The molecule has 0 saturated carbocycles. The van der Waals surface area contributed by atoms with Crippen molar-refractivity contribution in [2.24, 2.45) is 0 Å². The molecule has 0 radical (unpaired) electrons. The van der Waals surface area contributed by atoms with E-state index in [1.807, 2.05) is 30.3 Å². The summed E-state index contributed by atoms with van der Waals surface area (Å²) in [5.74, 6) is -0.0357. The second-order valence-corrected chi connectivity index (χ2v) is 6.15. The van der Waals surface area contributed by atoms with Crippen LogP contribution in [0, 0.1) is 11.3 Å². The molecule has 0 aliphatic carbocycles. The number of hydrogen-bond donors (Lipinski definition) is 2. The van der Waals surface area contributed by atoms with Crippen LogP contribution in [-0.4, -0.2) is 45.4 Å². The summed E-state index contributed by atoms with van der Waals surface area (Å²) in [6, 6.07) is 9.51. The largest absolute Gasteiger partial charge is 0.371 e. The van der Waals surface area contributed by atoms with E-state index in [-0.39, 0.29) is 35.9 Å².